The number of benzene rings is 1. The highest BCUT2D eigenvalue weighted by molar-refractivity contribution is 5.74. The van der Waals surface area contributed by atoms with Crippen LogP contribution < -0.4 is 10.3 Å². The van der Waals surface area contributed by atoms with Gasteiger partial charge in [-0.25, -0.2) is 0 Å². The second-order valence-corrected chi connectivity index (χ2v) is 6.70. The molecule has 0 radical (unpaired) electrons. The van der Waals surface area contributed by atoms with Crippen LogP contribution in [0.5, 0.6) is 0 Å². The van der Waals surface area contributed by atoms with Gasteiger partial charge in [-0.3, -0.25) is 0 Å². The molecule has 136 valence electrons. The van der Waals surface area contributed by atoms with Crippen molar-refractivity contribution in [1.29, 1.82) is 0 Å². The molecule has 1 unspecified atom stereocenters. The average molecular weight is 347 g/mol. The van der Waals surface area contributed by atoms with E-state index in [1.54, 1.807) is 13.2 Å². The van der Waals surface area contributed by atoms with Crippen LogP contribution in [0.25, 0.3) is 11.0 Å². The van der Waals surface area contributed by atoms with Gasteiger partial charge in [0.25, 0.3) is 0 Å². The first-order chi connectivity index (χ1) is 12.0. The first-order valence-electron chi connectivity index (χ1n) is 8.63. The van der Waals surface area contributed by atoms with E-state index < -0.39 is 6.04 Å². The lowest BCUT2D eigenvalue weighted by Gasteiger charge is -2.23. The van der Waals surface area contributed by atoms with Gasteiger partial charge in [-0.15, -0.1) is 0 Å². The molecule has 0 saturated heterocycles. The zero-order chi connectivity index (χ0) is 18.0. The van der Waals surface area contributed by atoms with Crippen LogP contribution in [0.3, 0.4) is 0 Å². The molecule has 3 rings (SSSR count). The van der Waals surface area contributed by atoms with Crippen LogP contribution >= 0.6 is 0 Å². The highest BCUT2D eigenvalue weighted by Gasteiger charge is 2.23. The highest BCUT2D eigenvalue weighted by Crippen LogP contribution is 2.26. The number of aryl methyl sites for hydroxylation is 2. The Kier molecular flexibility index (Phi) is 5.31. The van der Waals surface area contributed by atoms with Gasteiger partial charge in [0.1, 0.15) is 5.52 Å². The molecule has 1 aliphatic rings. The van der Waals surface area contributed by atoms with E-state index in [9.17, 15) is 10.1 Å². The fraction of sp³-hybridized carbons (Fsp3) is 0.588. The number of ether oxygens (including phenoxy) is 1. The Bertz CT molecular complexity index is 820. The van der Waals surface area contributed by atoms with E-state index in [0.29, 0.717) is 28.7 Å². The van der Waals surface area contributed by atoms with E-state index in [0.717, 1.165) is 48.1 Å². The normalized spacial score (nSPS) is 15.0. The Morgan fingerprint density at radius 3 is 2.88 bits per heavy atom. The molecule has 2 aromatic rings. The summed E-state index contributed by atoms with van der Waals surface area (Å²) in [7, 11) is 3.58. The van der Waals surface area contributed by atoms with Gasteiger partial charge in [-0.05, 0) is 49.9 Å². The molecule has 0 spiro atoms. The van der Waals surface area contributed by atoms with Crippen molar-refractivity contribution < 1.29 is 9.28 Å². The summed E-state index contributed by atoms with van der Waals surface area (Å²) in [5.41, 5.74) is 9.09. The van der Waals surface area contributed by atoms with E-state index in [-0.39, 0.29) is 5.82 Å². The molecule has 0 amide bonds. The minimum Gasteiger partial charge on any atom is -0.804 e. The molecular formula is C17H25N5O3. The van der Waals surface area contributed by atoms with Gasteiger partial charge in [0.2, 0.25) is 0 Å². The number of hydrogen-bond acceptors (Lipinski definition) is 6. The molecule has 0 fully saturated rings. The molecule has 8 heteroatoms. The van der Waals surface area contributed by atoms with Gasteiger partial charge < -0.3 is 25.3 Å². The topological polar surface area (TPSA) is 102 Å². The van der Waals surface area contributed by atoms with Crippen molar-refractivity contribution in [1.82, 2.24) is 14.7 Å². The fourth-order valence-electron chi connectivity index (χ4n) is 3.44. The van der Waals surface area contributed by atoms with Crippen molar-refractivity contribution in [2.24, 2.45) is 5.73 Å². The van der Waals surface area contributed by atoms with Gasteiger partial charge in [0.15, 0.2) is 10.4 Å². The quantitative estimate of drug-likeness (QED) is 0.586. The van der Waals surface area contributed by atoms with Crippen LogP contribution in [-0.2, 0) is 17.6 Å². The van der Waals surface area contributed by atoms with Gasteiger partial charge in [0.05, 0.1) is 16.0 Å². The fourth-order valence-corrected chi connectivity index (χ4v) is 3.44. The van der Waals surface area contributed by atoms with Crippen molar-refractivity contribution in [3.63, 3.8) is 0 Å². The standard InChI is InChI=1S/C17H25N5O3/c1-20(7-4-8-25-2)11-14(18)17-19-22(24)16-10-13-6-3-5-12(13)9-15(16)21(17)23/h9-10,14H,3-8,11,18H2,1-2H3. The first-order valence-corrected chi connectivity index (χ1v) is 8.63. The van der Waals surface area contributed by atoms with Crippen LogP contribution in [0.2, 0.25) is 0 Å². The number of methoxy groups -OCH3 is 1. The third kappa shape index (κ3) is 3.65. The van der Waals surface area contributed by atoms with Crippen LogP contribution in [0.4, 0.5) is 0 Å². The molecule has 8 nitrogen and oxygen atoms in total. The lowest BCUT2D eigenvalue weighted by atomic mass is 10.1. The maximum atomic E-state index is 12.7. The van der Waals surface area contributed by atoms with Gasteiger partial charge >= 0.3 is 5.52 Å². The van der Waals surface area contributed by atoms with E-state index in [1.807, 2.05) is 18.0 Å². The molecule has 1 aromatic carbocycles. The van der Waals surface area contributed by atoms with Crippen molar-refractivity contribution in [2.45, 2.75) is 31.7 Å². The summed E-state index contributed by atoms with van der Waals surface area (Å²) < 4.78 is 6.28. The Hall–Kier alpha value is -2.03. The second kappa shape index (κ2) is 7.47. The maximum Gasteiger partial charge on any atom is 0.318 e. The minimum absolute atomic E-state index is 0.0547. The third-order valence-corrected chi connectivity index (χ3v) is 4.74. The molecule has 1 heterocycles. The van der Waals surface area contributed by atoms with Crippen LogP contribution in [0.15, 0.2) is 12.1 Å². The second-order valence-electron chi connectivity index (χ2n) is 6.70. The Balaban J connectivity index is 1.88. The minimum atomic E-state index is -0.636. The van der Waals surface area contributed by atoms with Gasteiger partial charge in [-0.2, -0.15) is 0 Å². The molecular weight excluding hydrogens is 322 g/mol. The summed E-state index contributed by atoms with van der Waals surface area (Å²) in [6.45, 7) is 1.90. The van der Waals surface area contributed by atoms with Crippen molar-refractivity contribution >= 4 is 11.0 Å². The summed E-state index contributed by atoms with van der Waals surface area (Å²) in [4.78, 5) is 14.3. The molecule has 1 aliphatic carbocycles. The Morgan fingerprint density at radius 1 is 1.44 bits per heavy atom. The third-order valence-electron chi connectivity index (χ3n) is 4.74. The van der Waals surface area contributed by atoms with Crippen molar-refractivity contribution in [3.8, 4) is 0 Å². The zero-order valence-electron chi connectivity index (χ0n) is 14.8. The van der Waals surface area contributed by atoms with E-state index in [4.69, 9.17) is 10.5 Å². The number of likely N-dealkylation sites (N-methyl/N-ethyl adjacent to an activating group) is 1. The maximum absolute atomic E-state index is 12.7. The van der Waals surface area contributed by atoms with Crippen molar-refractivity contribution in [2.75, 3.05) is 33.9 Å². The van der Waals surface area contributed by atoms with Crippen LogP contribution in [0, 0.1) is 10.1 Å². The lowest BCUT2D eigenvalue weighted by Crippen LogP contribution is -2.36. The summed E-state index contributed by atoms with van der Waals surface area (Å²) in [5.74, 6) is 0.0547. The molecule has 25 heavy (non-hydrogen) atoms. The highest BCUT2D eigenvalue weighted by atomic mass is 16.5. The summed E-state index contributed by atoms with van der Waals surface area (Å²) >= 11 is 0. The lowest BCUT2D eigenvalue weighted by molar-refractivity contribution is -0.538. The monoisotopic (exact) mass is 347 g/mol. The predicted molar refractivity (Wildman–Crippen MR) is 94.8 cm³/mol. The van der Waals surface area contributed by atoms with Gasteiger partial charge in [-0.1, -0.05) is 0 Å². The SMILES string of the molecule is COCCCN(C)CC(N)c1n[n+](=O)c2cc3c(cc2n1[O-])CCC3. The smallest absolute Gasteiger partial charge is 0.318 e. The number of hydrogen-bond donors (Lipinski definition) is 1. The average Bonchev–Trinajstić information content (AvgIpc) is 3.04. The molecule has 0 aliphatic heterocycles. The Labute approximate surface area is 146 Å². The predicted octanol–water partition coefficient (Wildman–Crippen LogP) is 0.754. The molecule has 0 bridgehead atoms. The van der Waals surface area contributed by atoms with Crippen molar-refractivity contribution in [3.05, 3.63) is 39.2 Å². The molecule has 0 saturated carbocycles. The van der Waals surface area contributed by atoms with E-state index >= 15 is 0 Å². The van der Waals surface area contributed by atoms with E-state index in [1.165, 1.54) is 0 Å². The largest absolute Gasteiger partial charge is 0.804 e. The number of nitrogens with zero attached hydrogens (tertiary/aromatic N) is 4. The number of aromatic nitrogens is 3. The molecule has 1 aromatic heterocycles. The zero-order valence-corrected chi connectivity index (χ0v) is 14.8. The number of rotatable bonds is 7. The summed E-state index contributed by atoms with van der Waals surface area (Å²) in [5, 5.41) is 16.7. The number of fused-ring (bicyclic) bond motifs is 2. The summed E-state index contributed by atoms with van der Waals surface area (Å²) in [6.07, 6.45) is 3.80. The number of nitrogens with two attached hydrogens (primary N) is 1. The van der Waals surface area contributed by atoms with Gasteiger partial charge in [0, 0.05) is 32.9 Å². The van der Waals surface area contributed by atoms with E-state index in [2.05, 4.69) is 5.10 Å². The van der Waals surface area contributed by atoms with Crippen LogP contribution in [0.1, 0.15) is 35.8 Å². The summed E-state index contributed by atoms with van der Waals surface area (Å²) in [6, 6.07) is 2.97. The first kappa shape index (κ1) is 17.8. The molecule has 1 atom stereocenters. The Morgan fingerprint density at radius 2 is 2.16 bits per heavy atom. The van der Waals surface area contributed by atoms with Crippen LogP contribution in [-0.4, -0.2) is 48.6 Å². The molecule has 2 N–H and O–H groups in total.